The maximum absolute atomic E-state index is 12.9. The summed E-state index contributed by atoms with van der Waals surface area (Å²) in [5.74, 6) is -0.981. The average molecular weight is 417 g/mol. The van der Waals surface area contributed by atoms with Gasteiger partial charge in [0.25, 0.3) is 5.91 Å². The van der Waals surface area contributed by atoms with Crippen molar-refractivity contribution in [2.75, 3.05) is 31.6 Å². The van der Waals surface area contributed by atoms with Crippen LogP contribution in [0.5, 0.6) is 0 Å². The molecule has 1 fully saturated rings. The smallest absolute Gasteiger partial charge is 0.255 e. The van der Waals surface area contributed by atoms with Gasteiger partial charge in [0.2, 0.25) is 15.9 Å². The number of nitrogens with zero attached hydrogens (tertiary/aromatic N) is 1. The first-order valence-corrected chi connectivity index (χ1v) is 10.5. The summed E-state index contributed by atoms with van der Waals surface area (Å²) in [6.45, 7) is 4.71. The Morgan fingerprint density at radius 1 is 1.00 bits per heavy atom. The second-order valence-corrected chi connectivity index (χ2v) is 8.78. The van der Waals surface area contributed by atoms with Crippen LogP contribution in [0.4, 0.5) is 5.69 Å². The highest BCUT2D eigenvalue weighted by molar-refractivity contribution is 7.89. The van der Waals surface area contributed by atoms with Gasteiger partial charge in [-0.1, -0.05) is 6.07 Å². The lowest BCUT2D eigenvalue weighted by Gasteiger charge is -2.26. The highest BCUT2D eigenvalue weighted by Gasteiger charge is 2.27. The molecule has 0 radical (unpaired) electrons. The summed E-state index contributed by atoms with van der Waals surface area (Å²) in [6.07, 6.45) is 0. The number of morpholine rings is 1. The van der Waals surface area contributed by atoms with E-state index >= 15 is 0 Å². The third kappa shape index (κ3) is 4.47. The van der Waals surface area contributed by atoms with Crippen molar-refractivity contribution in [2.24, 2.45) is 5.73 Å². The number of hydrogen-bond donors (Lipinski definition) is 2. The number of benzene rings is 2. The van der Waals surface area contributed by atoms with Crippen LogP contribution in [-0.4, -0.2) is 50.8 Å². The number of ether oxygens (including phenoxy) is 1. The van der Waals surface area contributed by atoms with Crippen molar-refractivity contribution in [3.05, 3.63) is 58.7 Å². The molecular weight excluding hydrogens is 394 g/mol. The quantitative estimate of drug-likeness (QED) is 0.767. The van der Waals surface area contributed by atoms with Gasteiger partial charge in [-0.05, 0) is 55.3 Å². The minimum absolute atomic E-state index is 0.0652. The molecule has 9 heteroatoms. The molecule has 8 nitrogen and oxygen atoms in total. The maximum atomic E-state index is 12.9. The van der Waals surface area contributed by atoms with Crippen molar-refractivity contribution < 1.29 is 22.7 Å². The molecule has 1 aliphatic rings. The molecule has 29 heavy (non-hydrogen) atoms. The van der Waals surface area contributed by atoms with Crippen molar-refractivity contribution in [2.45, 2.75) is 18.7 Å². The monoisotopic (exact) mass is 417 g/mol. The lowest BCUT2D eigenvalue weighted by molar-refractivity contribution is 0.0730. The van der Waals surface area contributed by atoms with E-state index in [9.17, 15) is 18.0 Å². The summed E-state index contributed by atoms with van der Waals surface area (Å²) in [5.41, 5.74) is 7.70. The molecule has 0 aliphatic carbocycles. The molecule has 2 aromatic rings. The first-order chi connectivity index (χ1) is 13.7. The molecule has 0 saturated carbocycles. The fourth-order valence-corrected chi connectivity index (χ4v) is 4.59. The van der Waals surface area contributed by atoms with Gasteiger partial charge in [0.1, 0.15) is 0 Å². The molecule has 1 aliphatic heterocycles. The van der Waals surface area contributed by atoms with Crippen LogP contribution in [0, 0.1) is 13.8 Å². The number of carbonyl (C=O) groups excluding carboxylic acids is 2. The Bertz CT molecular complexity index is 1060. The number of amides is 2. The van der Waals surface area contributed by atoms with Gasteiger partial charge in [-0.3, -0.25) is 9.59 Å². The molecule has 0 atom stereocenters. The van der Waals surface area contributed by atoms with Gasteiger partial charge >= 0.3 is 0 Å². The van der Waals surface area contributed by atoms with Crippen LogP contribution in [0.2, 0.25) is 0 Å². The second kappa shape index (κ2) is 8.32. The molecule has 2 amide bonds. The Hall–Kier alpha value is -2.75. The molecule has 0 spiro atoms. The van der Waals surface area contributed by atoms with E-state index in [2.05, 4.69) is 5.32 Å². The molecule has 1 saturated heterocycles. The van der Waals surface area contributed by atoms with Gasteiger partial charge < -0.3 is 15.8 Å². The topological polar surface area (TPSA) is 119 Å². The van der Waals surface area contributed by atoms with Crippen LogP contribution >= 0.6 is 0 Å². The molecule has 1 heterocycles. The number of anilines is 1. The number of rotatable bonds is 5. The lowest BCUT2D eigenvalue weighted by atomic mass is 10.1. The first-order valence-electron chi connectivity index (χ1n) is 9.10. The van der Waals surface area contributed by atoms with Crippen LogP contribution in [0.25, 0.3) is 0 Å². The van der Waals surface area contributed by atoms with E-state index in [0.717, 1.165) is 0 Å². The summed E-state index contributed by atoms with van der Waals surface area (Å²) < 4.78 is 32.3. The fraction of sp³-hybridized carbons (Fsp3) is 0.300. The van der Waals surface area contributed by atoms with Gasteiger partial charge in [-0.25, -0.2) is 8.42 Å². The Morgan fingerprint density at radius 3 is 2.31 bits per heavy atom. The molecular formula is C20H23N3O5S. The highest BCUT2D eigenvalue weighted by Crippen LogP contribution is 2.22. The number of hydrogen-bond acceptors (Lipinski definition) is 5. The number of aryl methyl sites for hydroxylation is 2. The van der Waals surface area contributed by atoms with E-state index < -0.39 is 21.8 Å². The minimum Gasteiger partial charge on any atom is -0.379 e. The van der Waals surface area contributed by atoms with Crippen LogP contribution < -0.4 is 11.1 Å². The van der Waals surface area contributed by atoms with Gasteiger partial charge in [0.15, 0.2) is 0 Å². The molecule has 3 rings (SSSR count). The number of primary amides is 1. The Morgan fingerprint density at radius 2 is 1.69 bits per heavy atom. The Kier molecular flexibility index (Phi) is 6.02. The van der Waals surface area contributed by atoms with Gasteiger partial charge in [-0.15, -0.1) is 0 Å². The molecule has 0 unspecified atom stereocenters. The summed E-state index contributed by atoms with van der Waals surface area (Å²) in [7, 11) is -3.71. The molecule has 0 bridgehead atoms. The Labute approximate surface area is 169 Å². The van der Waals surface area contributed by atoms with Crippen LogP contribution in [-0.2, 0) is 14.8 Å². The van der Waals surface area contributed by atoms with Crippen LogP contribution in [0.1, 0.15) is 31.8 Å². The van der Waals surface area contributed by atoms with Gasteiger partial charge in [0, 0.05) is 29.9 Å². The van der Waals surface area contributed by atoms with E-state index in [1.54, 1.807) is 38.1 Å². The highest BCUT2D eigenvalue weighted by atomic mass is 32.2. The largest absolute Gasteiger partial charge is 0.379 e. The van der Waals surface area contributed by atoms with Gasteiger partial charge in [0.05, 0.1) is 18.1 Å². The normalized spacial score (nSPS) is 15.1. The summed E-state index contributed by atoms with van der Waals surface area (Å²) in [5, 5.41) is 2.74. The average Bonchev–Trinajstić information content (AvgIpc) is 2.68. The molecule has 0 aromatic heterocycles. The SMILES string of the molecule is Cc1cc(NC(=O)c2cc(S(=O)(=O)N3CCOCC3)ccc2C)ccc1C(N)=O. The fourth-order valence-electron chi connectivity index (χ4n) is 3.16. The number of nitrogens with one attached hydrogen (secondary N) is 1. The van der Waals surface area contributed by atoms with Crippen LogP contribution in [0.15, 0.2) is 41.3 Å². The van der Waals surface area contributed by atoms with Gasteiger partial charge in [-0.2, -0.15) is 4.31 Å². The van der Waals surface area contributed by atoms with E-state index in [1.165, 1.54) is 16.4 Å². The zero-order chi connectivity index (χ0) is 21.2. The van der Waals surface area contributed by atoms with Crippen LogP contribution in [0.3, 0.4) is 0 Å². The number of sulfonamides is 1. The van der Waals surface area contributed by atoms with Crippen molar-refractivity contribution in [1.82, 2.24) is 4.31 Å². The third-order valence-electron chi connectivity index (χ3n) is 4.81. The first kappa shape index (κ1) is 21.0. The van der Waals surface area contributed by atoms with E-state index in [1.807, 2.05) is 0 Å². The zero-order valence-electron chi connectivity index (χ0n) is 16.3. The predicted molar refractivity (Wildman–Crippen MR) is 108 cm³/mol. The van der Waals surface area contributed by atoms with Crippen molar-refractivity contribution in [3.63, 3.8) is 0 Å². The summed E-state index contributed by atoms with van der Waals surface area (Å²) in [6, 6.07) is 9.27. The summed E-state index contributed by atoms with van der Waals surface area (Å²) >= 11 is 0. The second-order valence-electron chi connectivity index (χ2n) is 6.84. The number of nitrogens with two attached hydrogens (primary N) is 1. The third-order valence-corrected chi connectivity index (χ3v) is 6.71. The van der Waals surface area contributed by atoms with E-state index in [-0.39, 0.29) is 23.5 Å². The van der Waals surface area contributed by atoms with E-state index in [0.29, 0.717) is 35.6 Å². The molecule has 154 valence electrons. The number of carbonyl (C=O) groups is 2. The molecule has 2 aromatic carbocycles. The molecule has 3 N–H and O–H groups in total. The zero-order valence-corrected chi connectivity index (χ0v) is 17.1. The van der Waals surface area contributed by atoms with Crippen molar-refractivity contribution in [1.29, 1.82) is 0 Å². The van der Waals surface area contributed by atoms with Crippen molar-refractivity contribution in [3.8, 4) is 0 Å². The minimum atomic E-state index is -3.71. The Balaban J connectivity index is 1.87. The van der Waals surface area contributed by atoms with E-state index in [4.69, 9.17) is 10.5 Å². The standard InChI is InChI=1S/C20H23N3O5S/c1-13-3-5-16(29(26,27)23-7-9-28-10-8-23)12-18(13)20(25)22-15-4-6-17(19(21)24)14(2)11-15/h3-6,11-12H,7-10H2,1-2H3,(H2,21,24)(H,22,25). The summed E-state index contributed by atoms with van der Waals surface area (Å²) in [4.78, 5) is 24.2. The lowest BCUT2D eigenvalue weighted by Crippen LogP contribution is -2.40. The predicted octanol–water partition coefficient (Wildman–Crippen LogP) is 1.68. The maximum Gasteiger partial charge on any atom is 0.255 e. The van der Waals surface area contributed by atoms with Crippen molar-refractivity contribution >= 4 is 27.5 Å².